The third kappa shape index (κ3) is 3.61. The maximum Gasteiger partial charge on any atom is 0.147 e. The minimum Gasteiger partial charge on any atom is -0.372 e. The largest absolute Gasteiger partial charge is 0.372 e. The predicted molar refractivity (Wildman–Crippen MR) is 87.0 cm³/mol. The number of aromatic nitrogens is 1. The SMILES string of the molecule is CNc1nc(NC2CCCCC2SC)c(Cl)cc1Cl. The first kappa shape index (κ1) is 15.1. The molecule has 0 bridgehead atoms. The molecule has 0 amide bonds. The van der Waals surface area contributed by atoms with Crippen LogP contribution in [0.15, 0.2) is 6.07 Å². The first-order valence-corrected chi connectivity index (χ1v) is 8.53. The molecule has 1 saturated carbocycles. The van der Waals surface area contributed by atoms with Crippen LogP contribution >= 0.6 is 35.0 Å². The Morgan fingerprint density at radius 3 is 2.58 bits per heavy atom. The van der Waals surface area contributed by atoms with Crippen molar-refractivity contribution >= 4 is 46.6 Å². The molecule has 1 aromatic rings. The number of anilines is 2. The Morgan fingerprint density at radius 1 is 1.21 bits per heavy atom. The van der Waals surface area contributed by atoms with Crippen molar-refractivity contribution in [3.8, 4) is 0 Å². The summed E-state index contributed by atoms with van der Waals surface area (Å²) >= 11 is 14.2. The molecule has 0 aliphatic heterocycles. The van der Waals surface area contributed by atoms with Gasteiger partial charge in [0.2, 0.25) is 0 Å². The summed E-state index contributed by atoms with van der Waals surface area (Å²) < 4.78 is 0. The van der Waals surface area contributed by atoms with Gasteiger partial charge >= 0.3 is 0 Å². The van der Waals surface area contributed by atoms with E-state index in [2.05, 4.69) is 21.9 Å². The van der Waals surface area contributed by atoms with Crippen molar-refractivity contribution < 1.29 is 0 Å². The first-order chi connectivity index (χ1) is 9.15. The monoisotopic (exact) mass is 319 g/mol. The number of thioether (sulfide) groups is 1. The summed E-state index contributed by atoms with van der Waals surface area (Å²) in [6.45, 7) is 0. The van der Waals surface area contributed by atoms with E-state index in [9.17, 15) is 0 Å². The Hall–Kier alpha value is -0.320. The van der Waals surface area contributed by atoms with E-state index in [1.54, 1.807) is 13.1 Å². The fourth-order valence-corrected chi connectivity index (χ4v) is 3.91. The van der Waals surface area contributed by atoms with Crippen molar-refractivity contribution in [2.24, 2.45) is 0 Å². The zero-order valence-corrected chi connectivity index (χ0v) is 13.5. The average Bonchev–Trinajstić information content (AvgIpc) is 2.42. The standard InChI is InChI=1S/C13H19Cl2N3S/c1-16-12-8(14)7-9(15)13(18-12)17-10-5-3-4-6-11(10)19-2/h7,10-11H,3-6H2,1-2H3,(H2,16,17,18). The van der Waals surface area contributed by atoms with E-state index in [1.807, 2.05) is 11.8 Å². The fourth-order valence-electron chi connectivity index (χ4n) is 2.46. The number of nitrogens with zero attached hydrogens (tertiary/aromatic N) is 1. The number of rotatable bonds is 4. The molecule has 0 aromatic carbocycles. The second-order valence-corrected chi connectivity index (χ2v) is 6.60. The van der Waals surface area contributed by atoms with Crippen LogP contribution in [0.3, 0.4) is 0 Å². The topological polar surface area (TPSA) is 37.0 Å². The summed E-state index contributed by atoms with van der Waals surface area (Å²) in [6, 6.07) is 2.17. The zero-order chi connectivity index (χ0) is 13.8. The molecule has 2 N–H and O–H groups in total. The molecule has 1 aliphatic rings. The number of nitrogens with one attached hydrogen (secondary N) is 2. The van der Waals surface area contributed by atoms with Gasteiger partial charge in [-0.05, 0) is 25.2 Å². The molecule has 3 nitrogen and oxygen atoms in total. The van der Waals surface area contributed by atoms with E-state index in [1.165, 1.54) is 25.7 Å². The van der Waals surface area contributed by atoms with E-state index in [-0.39, 0.29) is 0 Å². The molecule has 0 radical (unpaired) electrons. The summed E-state index contributed by atoms with van der Waals surface area (Å²) in [5, 5.41) is 8.22. The molecule has 0 saturated heterocycles. The van der Waals surface area contributed by atoms with Gasteiger partial charge in [-0.3, -0.25) is 0 Å². The van der Waals surface area contributed by atoms with E-state index in [0.29, 0.717) is 27.2 Å². The molecule has 106 valence electrons. The summed E-state index contributed by atoms with van der Waals surface area (Å²) in [5.74, 6) is 1.38. The van der Waals surface area contributed by atoms with Gasteiger partial charge in [0.05, 0.1) is 10.0 Å². The van der Waals surface area contributed by atoms with Crippen LogP contribution in [-0.2, 0) is 0 Å². The van der Waals surface area contributed by atoms with Gasteiger partial charge in [0, 0.05) is 18.3 Å². The van der Waals surface area contributed by atoms with Gasteiger partial charge in [0.25, 0.3) is 0 Å². The third-order valence-electron chi connectivity index (χ3n) is 3.49. The highest BCUT2D eigenvalue weighted by Crippen LogP contribution is 2.33. The summed E-state index contributed by atoms with van der Waals surface area (Å²) in [5.41, 5.74) is 0. The lowest BCUT2D eigenvalue weighted by atomic mass is 9.95. The van der Waals surface area contributed by atoms with Crippen LogP contribution in [0.2, 0.25) is 10.0 Å². The Labute approximate surface area is 128 Å². The molecule has 6 heteroatoms. The summed E-state index contributed by atoms with van der Waals surface area (Å²) in [4.78, 5) is 4.46. The van der Waals surface area contributed by atoms with Crippen LogP contribution in [-0.4, -0.2) is 29.6 Å². The van der Waals surface area contributed by atoms with Gasteiger partial charge in [-0.2, -0.15) is 11.8 Å². The second kappa shape index (κ2) is 6.91. The molecule has 1 fully saturated rings. The molecule has 1 aromatic heterocycles. The highest BCUT2D eigenvalue weighted by Gasteiger charge is 2.25. The maximum atomic E-state index is 6.22. The van der Waals surface area contributed by atoms with Crippen LogP contribution < -0.4 is 10.6 Å². The van der Waals surface area contributed by atoms with Gasteiger partial charge in [-0.25, -0.2) is 4.98 Å². The summed E-state index contributed by atoms with van der Waals surface area (Å²) in [7, 11) is 1.80. The van der Waals surface area contributed by atoms with Crippen molar-refractivity contribution in [3.05, 3.63) is 16.1 Å². The highest BCUT2D eigenvalue weighted by atomic mass is 35.5. The van der Waals surface area contributed by atoms with Crippen LogP contribution in [0.1, 0.15) is 25.7 Å². The molecule has 1 aliphatic carbocycles. The molecular weight excluding hydrogens is 301 g/mol. The molecule has 19 heavy (non-hydrogen) atoms. The smallest absolute Gasteiger partial charge is 0.147 e. The van der Waals surface area contributed by atoms with Crippen molar-refractivity contribution in [2.45, 2.75) is 37.0 Å². The number of pyridine rings is 1. The second-order valence-electron chi connectivity index (χ2n) is 4.71. The molecule has 2 unspecified atom stereocenters. The van der Waals surface area contributed by atoms with Crippen molar-refractivity contribution in [3.63, 3.8) is 0 Å². The highest BCUT2D eigenvalue weighted by molar-refractivity contribution is 7.99. The first-order valence-electron chi connectivity index (χ1n) is 6.48. The third-order valence-corrected chi connectivity index (χ3v) is 5.24. The Bertz CT molecular complexity index is 442. The van der Waals surface area contributed by atoms with Crippen molar-refractivity contribution in [1.82, 2.24) is 4.98 Å². The van der Waals surface area contributed by atoms with E-state index in [4.69, 9.17) is 23.2 Å². The Balaban J connectivity index is 2.17. The van der Waals surface area contributed by atoms with Crippen LogP contribution in [0.5, 0.6) is 0 Å². The Kier molecular flexibility index (Phi) is 5.48. The van der Waals surface area contributed by atoms with Gasteiger partial charge in [0.15, 0.2) is 0 Å². The zero-order valence-electron chi connectivity index (χ0n) is 11.2. The number of hydrogen-bond donors (Lipinski definition) is 2. The molecular formula is C13H19Cl2N3S. The predicted octanol–water partition coefficient (Wildman–Crippen LogP) is 4.52. The van der Waals surface area contributed by atoms with Crippen LogP contribution in [0, 0.1) is 0 Å². The quantitative estimate of drug-likeness (QED) is 0.855. The van der Waals surface area contributed by atoms with Crippen LogP contribution in [0.4, 0.5) is 11.6 Å². The average molecular weight is 320 g/mol. The van der Waals surface area contributed by atoms with Gasteiger partial charge in [-0.1, -0.05) is 36.0 Å². The van der Waals surface area contributed by atoms with E-state index >= 15 is 0 Å². The molecule has 1 heterocycles. The van der Waals surface area contributed by atoms with E-state index < -0.39 is 0 Å². The Morgan fingerprint density at radius 2 is 1.89 bits per heavy atom. The molecule has 2 atom stereocenters. The van der Waals surface area contributed by atoms with Crippen LogP contribution in [0.25, 0.3) is 0 Å². The lowest BCUT2D eigenvalue weighted by Gasteiger charge is -2.31. The van der Waals surface area contributed by atoms with Gasteiger partial charge < -0.3 is 10.6 Å². The normalized spacial score (nSPS) is 23.2. The van der Waals surface area contributed by atoms with E-state index in [0.717, 1.165) is 5.82 Å². The summed E-state index contributed by atoms with van der Waals surface area (Å²) in [6.07, 6.45) is 7.16. The minimum atomic E-state index is 0.430. The van der Waals surface area contributed by atoms with Gasteiger partial charge in [0.1, 0.15) is 11.6 Å². The maximum absolute atomic E-state index is 6.22. The van der Waals surface area contributed by atoms with Gasteiger partial charge in [-0.15, -0.1) is 0 Å². The fraction of sp³-hybridized carbons (Fsp3) is 0.615. The number of halogens is 2. The molecule has 2 rings (SSSR count). The lowest BCUT2D eigenvalue weighted by Crippen LogP contribution is -2.34. The number of hydrogen-bond acceptors (Lipinski definition) is 4. The lowest BCUT2D eigenvalue weighted by molar-refractivity contribution is 0.474. The van der Waals surface area contributed by atoms with Crippen molar-refractivity contribution in [2.75, 3.05) is 23.9 Å². The minimum absolute atomic E-state index is 0.430. The molecule has 0 spiro atoms. The van der Waals surface area contributed by atoms with Crippen molar-refractivity contribution in [1.29, 1.82) is 0 Å².